The predicted molar refractivity (Wildman–Crippen MR) is 62.9 cm³/mol. The van der Waals surface area contributed by atoms with E-state index in [2.05, 4.69) is 12.2 Å². The molecule has 1 aromatic heterocycles. The zero-order chi connectivity index (χ0) is 11.8. The molecule has 0 aliphatic carbocycles. The van der Waals surface area contributed by atoms with Gasteiger partial charge in [0.15, 0.2) is 0 Å². The van der Waals surface area contributed by atoms with Gasteiger partial charge >= 0.3 is 0 Å². The zero-order valence-corrected chi connectivity index (χ0v) is 9.74. The van der Waals surface area contributed by atoms with Crippen LogP contribution in [0.15, 0.2) is 22.8 Å². The van der Waals surface area contributed by atoms with Crippen molar-refractivity contribution in [3.8, 4) is 0 Å². The zero-order valence-electron chi connectivity index (χ0n) is 9.74. The second-order valence-corrected chi connectivity index (χ2v) is 3.87. The van der Waals surface area contributed by atoms with Gasteiger partial charge < -0.3 is 15.5 Å². The number of nitrogens with two attached hydrogens (primary N) is 1. The van der Waals surface area contributed by atoms with Gasteiger partial charge in [0, 0.05) is 13.0 Å². The van der Waals surface area contributed by atoms with Crippen LogP contribution >= 0.6 is 0 Å². The van der Waals surface area contributed by atoms with Crippen molar-refractivity contribution in [1.82, 2.24) is 5.32 Å². The highest BCUT2D eigenvalue weighted by Crippen LogP contribution is 2.00. The Hall–Kier alpha value is -1.29. The maximum Gasteiger partial charge on any atom is 0.236 e. The van der Waals surface area contributed by atoms with E-state index in [1.54, 1.807) is 6.26 Å². The van der Waals surface area contributed by atoms with Crippen molar-refractivity contribution >= 4 is 5.91 Å². The molecule has 0 aromatic carbocycles. The molecule has 4 heteroatoms. The lowest BCUT2D eigenvalue weighted by Gasteiger charge is -2.10. The van der Waals surface area contributed by atoms with Gasteiger partial charge in [-0.3, -0.25) is 4.79 Å². The molecule has 0 saturated carbocycles. The maximum absolute atomic E-state index is 11.5. The summed E-state index contributed by atoms with van der Waals surface area (Å²) in [5.41, 5.74) is 5.73. The summed E-state index contributed by atoms with van der Waals surface area (Å²) in [6, 6.07) is 3.35. The van der Waals surface area contributed by atoms with Crippen LogP contribution in [0.2, 0.25) is 0 Å². The van der Waals surface area contributed by atoms with Crippen LogP contribution in [0.4, 0.5) is 0 Å². The van der Waals surface area contributed by atoms with E-state index < -0.39 is 0 Å². The Balaban J connectivity index is 2.14. The van der Waals surface area contributed by atoms with Crippen molar-refractivity contribution < 1.29 is 9.21 Å². The third-order valence-corrected chi connectivity index (χ3v) is 2.46. The molecule has 90 valence electrons. The Morgan fingerprint density at radius 3 is 3.06 bits per heavy atom. The molecule has 0 saturated heterocycles. The molecule has 1 rings (SSSR count). The molecular weight excluding hydrogens is 204 g/mol. The van der Waals surface area contributed by atoms with Crippen molar-refractivity contribution in [3.63, 3.8) is 0 Å². The number of unbranched alkanes of at least 4 members (excludes halogenated alkanes) is 1. The van der Waals surface area contributed by atoms with Crippen LogP contribution in [-0.2, 0) is 11.2 Å². The quantitative estimate of drug-likeness (QED) is 0.736. The van der Waals surface area contributed by atoms with Gasteiger partial charge in [-0.1, -0.05) is 19.8 Å². The number of rotatable bonds is 7. The van der Waals surface area contributed by atoms with E-state index >= 15 is 0 Å². The summed E-state index contributed by atoms with van der Waals surface area (Å²) in [7, 11) is 0. The predicted octanol–water partition coefficient (Wildman–Crippen LogP) is 1.46. The van der Waals surface area contributed by atoms with E-state index in [1.165, 1.54) is 0 Å². The number of nitrogens with one attached hydrogen (secondary N) is 1. The third-order valence-electron chi connectivity index (χ3n) is 2.46. The number of hydrogen-bond donors (Lipinski definition) is 2. The number of amides is 1. The van der Waals surface area contributed by atoms with Crippen LogP contribution in [0, 0.1) is 0 Å². The first-order valence-corrected chi connectivity index (χ1v) is 5.79. The van der Waals surface area contributed by atoms with E-state index in [1.807, 2.05) is 12.1 Å². The Morgan fingerprint density at radius 1 is 1.62 bits per heavy atom. The highest BCUT2D eigenvalue weighted by molar-refractivity contribution is 5.81. The van der Waals surface area contributed by atoms with Crippen molar-refractivity contribution in [2.45, 2.75) is 38.6 Å². The fourth-order valence-electron chi connectivity index (χ4n) is 1.45. The first kappa shape index (κ1) is 12.8. The van der Waals surface area contributed by atoms with E-state index in [-0.39, 0.29) is 11.9 Å². The monoisotopic (exact) mass is 224 g/mol. The van der Waals surface area contributed by atoms with Gasteiger partial charge in [0.1, 0.15) is 5.76 Å². The molecule has 1 heterocycles. The summed E-state index contributed by atoms with van der Waals surface area (Å²) in [6.45, 7) is 2.66. The summed E-state index contributed by atoms with van der Waals surface area (Å²) >= 11 is 0. The summed E-state index contributed by atoms with van der Waals surface area (Å²) in [5, 5.41) is 2.81. The van der Waals surface area contributed by atoms with Gasteiger partial charge in [0.2, 0.25) is 5.91 Å². The van der Waals surface area contributed by atoms with Gasteiger partial charge in [-0.2, -0.15) is 0 Å². The molecule has 0 fully saturated rings. The molecule has 3 N–H and O–H groups in total. The van der Waals surface area contributed by atoms with E-state index in [4.69, 9.17) is 10.2 Å². The molecule has 4 nitrogen and oxygen atoms in total. The van der Waals surface area contributed by atoms with Gasteiger partial charge in [-0.05, 0) is 18.6 Å². The second-order valence-electron chi connectivity index (χ2n) is 3.87. The molecule has 0 aliphatic heterocycles. The minimum Gasteiger partial charge on any atom is -0.469 e. The lowest BCUT2D eigenvalue weighted by Crippen LogP contribution is -2.41. The Labute approximate surface area is 96.2 Å². The van der Waals surface area contributed by atoms with Crippen LogP contribution in [0.1, 0.15) is 31.9 Å². The second kappa shape index (κ2) is 7.06. The van der Waals surface area contributed by atoms with Crippen LogP contribution in [0.25, 0.3) is 0 Å². The largest absolute Gasteiger partial charge is 0.469 e. The molecule has 0 aliphatic rings. The maximum atomic E-state index is 11.5. The van der Waals surface area contributed by atoms with Crippen molar-refractivity contribution in [3.05, 3.63) is 24.2 Å². The molecular formula is C12H20N2O2. The number of furan rings is 1. The summed E-state index contributed by atoms with van der Waals surface area (Å²) in [6.07, 6.45) is 5.15. The molecule has 0 bridgehead atoms. The minimum atomic E-state index is -0.378. The average Bonchev–Trinajstić information content (AvgIpc) is 2.78. The lowest BCUT2D eigenvalue weighted by atomic mass is 10.1. The first-order valence-electron chi connectivity index (χ1n) is 5.79. The molecule has 1 atom stereocenters. The number of carbonyl (C=O) groups is 1. The third kappa shape index (κ3) is 4.49. The Morgan fingerprint density at radius 2 is 2.44 bits per heavy atom. The molecule has 0 spiro atoms. The summed E-state index contributed by atoms with van der Waals surface area (Å²) in [5.74, 6) is 0.808. The topological polar surface area (TPSA) is 68.3 Å². The lowest BCUT2D eigenvalue weighted by molar-refractivity contribution is -0.122. The minimum absolute atomic E-state index is 0.0694. The van der Waals surface area contributed by atoms with Crippen LogP contribution in [0.5, 0.6) is 0 Å². The average molecular weight is 224 g/mol. The smallest absolute Gasteiger partial charge is 0.236 e. The first-order chi connectivity index (χ1) is 7.74. The molecule has 1 unspecified atom stereocenters. The van der Waals surface area contributed by atoms with Crippen LogP contribution < -0.4 is 11.1 Å². The standard InChI is InChI=1S/C12H20N2O2/c1-2-3-6-11(13)12(15)14-8-7-10-5-4-9-16-10/h4-5,9,11H,2-3,6-8,13H2,1H3,(H,14,15). The molecule has 1 amide bonds. The highest BCUT2D eigenvalue weighted by atomic mass is 16.3. The summed E-state index contributed by atoms with van der Waals surface area (Å²) < 4.78 is 5.16. The normalized spacial score (nSPS) is 12.4. The Kier molecular flexibility index (Phi) is 5.64. The number of hydrogen-bond acceptors (Lipinski definition) is 3. The highest BCUT2D eigenvalue weighted by Gasteiger charge is 2.11. The Bertz CT molecular complexity index is 296. The molecule has 16 heavy (non-hydrogen) atoms. The van der Waals surface area contributed by atoms with Crippen molar-refractivity contribution in [2.24, 2.45) is 5.73 Å². The van der Waals surface area contributed by atoms with Gasteiger partial charge in [-0.25, -0.2) is 0 Å². The van der Waals surface area contributed by atoms with E-state index in [0.29, 0.717) is 13.0 Å². The fourth-order valence-corrected chi connectivity index (χ4v) is 1.45. The molecule has 1 aromatic rings. The van der Waals surface area contributed by atoms with Gasteiger partial charge in [0.25, 0.3) is 0 Å². The van der Waals surface area contributed by atoms with Gasteiger partial charge in [-0.15, -0.1) is 0 Å². The fraction of sp³-hybridized carbons (Fsp3) is 0.583. The van der Waals surface area contributed by atoms with Crippen molar-refractivity contribution in [1.29, 1.82) is 0 Å². The number of carbonyl (C=O) groups excluding carboxylic acids is 1. The SMILES string of the molecule is CCCCC(N)C(=O)NCCc1ccco1. The summed E-state index contributed by atoms with van der Waals surface area (Å²) in [4.78, 5) is 11.5. The van der Waals surface area contributed by atoms with E-state index in [0.717, 1.165) is 25.0 Å². The molecule has 0 radical (unpaired) electrons. The van der Waals surface area contributed by atoms with Crippen LogP contribution in [-0.4, -0.2) is 18.5 Å². The van der Waals surface area contributed by atoms with Crippen LogP contribution in [0.3, 0.4) is 0 Å². The van der Waals surface area contributed by atoms with Crippen molar-refractivity contribution in [2.75, 3.05) is 6.54 Å². The van der Waals surface area contributed by atoms with Gasteiger partial charge in [0.05, 0.1) is 12.3 Å². The van der Waals surface area contributed by atoms with E-state index in [9.17, 15) is 4.79 Å².